The van der Waals surface area contributed by atoms with Gasteiger partial charge in [0.15, 0.2) is 5.96 Å². The van der Waals surface area contributed by atoms with Crippen molar-refractivity contribution in [3.8, 4) is 0 Å². The first-order chi connectivity index (χ1) is 11.1. The zero-order valence-corrected chi connectivity index (χ0v) is 13.4. The summed E-state index contributed by atoms with van der Waals surface area (Å²) in [5.74, 6) is -0.437. The van der Waals surface area contributed by atoms with E-state index in [1.165, 1.54) is 23.5 Å². The molecule has 5 N–H and O–H groups in total. The molecule has 1 aromatic carbocycles. The minimum Gasteiger partial charge on any atom is -0.370 e. The highest BCUT2D eigenvalue weighted by molar-refractivity contribution is 7.88. The van der Waals surface area contributed by atoms with Crippen molar-refractivity contribution < 1.29 is 11.2 Å². The maximum absolute atomic E-state index is 11.9. The number of guanidine groups is 1. The van der Waals surface area contributed by atoms with Crippen LogP contribution in [0.5, 0.6) is 0 Å². The molecule has 2 aromatic rings. The van der Waals surface area contributed by atoms with E-state index in [0.29, 0.717) is 4.88 Å². The molecule has 8 heteroatoms. The van der Waals surface area contributed by atoms with Crippen molar-refractivity contribution in [2.45, 2.75) is 6.02 Å². The Hall–Kier alpha value is -1.90. The van der Waals surface area contributed by atoms with Crippen molar-refractivity contribution >= 4 is 27.3 Å². The zero-order valence-electron chi connectivity index (χ0n) is 13.8. The van der Waals surface area contributed by atoms with E-state index in [1.807, 2.05) is 0 Å². The molecule has 0 amide bonds. The molecule has 0 saturated carbocycles. The van der Waals surface area contributed by atoms with Gasteiger partial charge < -0.3 is 11.1 Å². The van der Waals surface area contributed by atoms with Crippen LogP contribution in [0.2, 0.25) is 0 Å². The van der Waals surface area contributed by atoms with Crippen LogP contribution in [0.25, 0.3) is 0 Å². The number of hydrogen-bond acceptors (Lipinski definition) is 4. The zero-order chi connectivity index (χ0) is 18.0. The number of nitrogens with one attached hydrogen (secondary N) is 3. The number of rotatable bonds is 6. The second kappa shape index (κ2) is 6.91. The summed E-state index contributed by atoms with van der Waals surface area (Å²) in [5.41, 5.74) is 5.54. The predicted octanol–water partition coefficient (Wildman–Crippen LogP) is 1.40. The van der Waals surface area contributed by atoms with Crippen LogP contribution in [0.15, 0.2) is 47.8 Å². The second-order valence-electron chi connectivity index (χ2n) is 4.42. The molecule has 117 valence electrons. The van der Waals surface area contributed by atoms with E-state index in [1.54, 1.807) is 29.6 Å². The fourth-order valence-corrected chi connectivity index (χ4v) is 3.09. The molecule has 6 nitrogen and oxygen atoms in total. The van der Waals surface area contributed by atoms with Gasteiger partial charge in [-0.1, -0.05) is 36.4 Å². The lowest BCUT2D eigenvalue weighted by Gasteiger charge is -2.27. The normalized spacial score (nSPS) is 15.7. The number of sulfonamides is 1. The Morgan fingerprint density at radius 1 is 1.41 bits per heavy atom. The number of nitrogens with two attached hydrogens (primary N) is 1. The quantitative estimate of drug-likeness (QED) is 0.471. The summed E-state index contributed by atoms with van der Waals surface area (Å²) in [6, 6.07) is 7.60. The first-order valence-corrected chi connectivity index (χ1v) is 8.98. The van der Waals surface area contributed by atoms with Gasteiger partial charge in [0.25, 0.3) is 0 Å². The van der Waals surface area contributed by atoms with E-state index in [0.717, 1.165) is 6.26 Å². The Morgan fingerprint density at radius 2 is 2.18 bits per heavy atom. The van der Waals surface area contributed by atoms with Crippen molar-refractivity contribution in [1.29, 1.82) is 5.41 Å². The Morgan fingerprint density at radius 3 is 2.73 bits per heavy atom. The van der Waals surface area contributed by atoms with Crippen LogP contribution in [0.1, 0.15) is 19.2 Å². The maximum atomic E-state index is 11.9. The summed E-state index contributed by atoms with van der Waals surface area (Å²) in [6.45, 7) is 0. The smallest absolute Gasteiger partial charge is 0.209 e. The first kappa shape index (κ1) is 13.7. The molecule has 1 atom stereocenters. The van der Waals surface area contributed by atoms with Gasteiger partial charge in [0.1, 0.15) is 6.04 Å². The van der Waals surface area contributed by atoms with Crippen LogP contribution in [0, 0.1) is 11.5 Å². The lowest BCUT2D eigenvalue weighted by molar-refractivity contribution is 0.561. The average Bonchev–Trinajstić information content (AvgIpc) is 2.96. The van der Waals surface area contributed by atoms with Crippen LogP contribution in [0.3, 0.4) is 0 Å². The van der Waals surface area contributed by atoms with Gasteiger partial charge >= 0.3 is 0 Å². The lowest BCUT2D eigenvalue weighted by Crippen LogP contribution is -2.43. The van der Waals surface area contributed by atoms with Crippen LogP contribution < -0.4 is 15.8 Å². The fourth-order valence-electron chi connectivity index (χ4n) is 1.78. The summed E-state index contributed by atoms with van der Waals surface area (Å²) < 4.78 is 42.9. The van der Waals surface area contributed by atoms with Gasteiger partial charge in [-0.3, -0.25) is 5.41 Å². The van der Waals surface area contributed by atoms with Gasteiger partial charge in [-0.05, 0) is 17.0 Å². The summed E-state index contributed by atoms with van der Waals surface area (Å²) in [7, 11) is -3.81. The molecule has 1 unspecified atom stereocenters. The summed E-state index contributed by atoms with van der Waals surface area (Å²) in [4.78, 5) is 0.527. The van der Waals surface area contributed by atoms with E-state index in [4.69, 9.17) is 13.9 Å². The van der Waals surface area contributed by atoms with E-state index < -0.39 is 22.0 Å². The molecule has 2 rings (SSSR count). The van der Waals surface area contributed by atoms with Crippen molar-refractivity contribution in [3.05, 3.63) is 64.3 Å². The van der Waals surface area contributed by atoms with Gasteiger partial charge in [-0.25, -0.2) is 13.1 Å². The first-order valence-electron chi connectivity index (χ1n) is 7.21. The van der Waals surface area contributed by atoms with Crippen LogP contribution in [-0.2, 0) is 10.0 Å². The molecule has 0 bridgehead atoms. The van der Waals surface area contributed by atoms with Crippen LogP contribution >= 0.6 is 11.3 Å². The Bertz CT molecular complexity index is 827. The molecule has 1 radical (unpaired) electrons. The summed E-state index contributed by atoms with van der Waals surface area (Å²) in [5, 5.41) is 11.8. The van der Waals surface area contributed by atoms with Crippen molar-refractivity contribution in [2.24, 2.45) is 5.73 Å². The maximum Gasteiger partial charge on any atom is 0.209 e. The minimum atomic E-state index is -3.81. The number of thiophene rings is 1. The van der Waals surface area contributed by atoms with E-state index in [-0.39, 0.29) is 17.6 Å². The van der Waals surface area contributed by atoms with Gasteiger partial charge in [-0.2, -0.15) is 0 Å². The number of benzene rings is 1. The standard InChI is InChI=1S/C14H17N4O2S2/c1-22(19,20)18-12(10-6-3-2-4-7-10)13(17-14(15)16)11-8-5-9-21-11/h2-9,12,18H,1H3,(H4,15,16,17)/i6D,12D. The third-order valence-electron chi connectivity index (χ3n) is 2.54. The Balaban J connectivity index is 2.67. The molecule has 0 spiro atoms. The molecule has 0 saturated heterocycles. The van der Waals surface area contributed by atoms with Gasteiger partial charge in [-0.15, -0.1) is 11.3 Å². The molecule has 0 fully saturated rings. The predicted molar refractivity (Wildman–Crippen MR) is 88.9 cm³/mol. The van der Waals surface area contributed by atoms with Gasteiger partial charge in [0.05, 0.1) is 15.0 Å². The molecule has 0 aliphatic carbocycles. The highest BCUT2D eigenvalue weighted by atomic mass is 32.2. The molecule has 0 aliphatic heterocycles. The average molecular weight is 339 g/mol. The van der Waals surface area contributed by atoms with Crippen molar-refractivity contribution in [2.75, 3.05) is 6.26 Å². The largest absolute Gasteiger partial charge is 0.370 e. The van der Waals surface area contributed by atoms with Gasteiger partial charge in [0, 0.05) is 4.88 Å². The topological polar surface area (TPSA) is 108 Å². The molecule has 1 aromatic heterocycles. The van der Waals surface area contributed by atoms with Crippen molar-refractivity contribution in [1.82, 2.24) is 10.0 Å². The molecular formula is C14H17N4O2S2. The van der Waals surface area contributed by atoms with Crippen LogP contribution in [-0.4, -0.2) is 20.6 Å². The molecule has 22 heavy (non-hydrogen) atoms. The number of hydrogen-bond donors (Lipinski definition) is 4. The third kappa shape index (κ3) is 4.55. The van der Waals surface area contributed by atoms with E-state index >= 15 is 0 Å². The Labute approximate surface area is 136 Å². The van der Waals surface area contributed by atoms with Crippen molar-refractivity contribution in [3.63, 3.8) is 0 Å². The van der Waals surface area contributed by atoms with E-state index in [2.05, 4.69) is 10.0 Å². The molecule has 0 aliphatic rings. The molecule has 1 heterocycles. The van der Waals surface area contributed by atoms with Gasteiger partial charge in [0.2, 0.25) is 10.0 Å². The Kier molecular flexibility index (Phi) is 4.31. The molecular weight excluding hydrogens is 320 g/mol. The summed E-state index contributed by atoms with van der Waals surface area (Å²) in [6.07, 6.45) is 0.933. The summed E-state index contributed by atoms with van der Waals surface area (Å²) >= 11 is 1.26. The highest BCUT2D eigenvalue weighted by Crippen LogP contribution is 2.31. The lowest BCUT2D eigenvalue weighted by atomic mass is 9.99. The SMILES string of the molecule is [2H]c1ccccc1C([2H])(NS(C)(=O)=O)[C](NC(=N)N)c1cccs1. The third-order valence-corrected chi connectivity index (χ3v) is 4.01. The fraction of sp³-hybridized carbons (Fsp3) is 0.143. The second-order valence-corrected chi connectivity index (χ2v) is 7.11. The minimum absolute atomic E-state index is 0.0111. The van der Waals surface area contributed by atoms with Crippen LogP contribution in [0.4, 0.5) is 0 Å². The highest BCUT2D eigenvalue weighted by Gasteiger charge is 2.29. The monoisotopic (exact) mass is 339 g/mol. The van der Waals surface area contributed by atoms with E-state index in [9.17, 15) is 8.42 Å².